The molecule has 2 rings (SSSR count). The molecular formula is C29H43N3O4S. The summed E-state index contributed by atoms with van der Waals surface area (Å²) in [7, 11) is -3.76. The number of amides is 2. The van der Waals surface area contributed by atoms with Crippen LogP contribution in [-0.2, 0) is 31.6 Å². The number of sulfonamides is 1. The first kappa shape index (κ1) is 30.4. The summed E-state index contributed by atoms with van der Waals surface area (Å²) in [6.07, 6.45) is 3.30. The quantitative estimate of drug-likeness (QED) is 0.401. The van der Waals surface area contributed by atoms with Crippen LogP contribution in [0.4, 0.5) is 5.69 Å². The number of hydrogen-bond donors (Lipinski definition) is 1. The smallest absolute Gasteiger partial charge is 0.244 e. The van der Waals surface area contributed by atoms with Gasteiger partial charge in [-0.05, 0) is 48.4 Å². The van der Waals surface area contributed by atoms with Gasteiger partial charge < -0.3 is 10.2 Å². The molecule has 0 saturated carbocycles. The Kier molecular flexibility index (Phi) is 10.7. The number of anilines is 1. The van der Waals surface area contributed by atoms with Crippen molar-refractivity contribution in [3.8, 4) is 0 Å². The van der Waals surface area contributed by atoms with Crippen molar-refractivity contribution in [2.75, 3.05) is 23.7 Å². The van der Waals surface area contributed by atoms with Gasteiger partial charge in [0.25, 0.3) is 0 Å². The lowest BCUT2D eigenvalue weighted by molar-refractivity contribution is -0.140. The Bertz CT molecular complexity index is 1150. The van der Waals surface area contributed by atoms with Crippen molar-refractivity contribution in [2.45, 2.75) is 78.8 Å². The highest BCUT2D eigenvalue weighted by molar-refractivity contribution is 7.92. The molecule has 2 aromatic carbocycles. The van der Waals surface area contributed by atoms with Crippen LogP contribution >= 0.6 is 0 Å². The highest BCUT2D eigenvalue weighted by Gasteiger charge is 2.31. The standard InChI is InChI=1S/C29H43N3O4S/c1-8-10-18-30-28(34)26(9-2)31(20-23-13-11-12-22(3)19-23)27(33)21-32(37(7,35)36)25-16-14-24(15-17-25)29(4,5)6/h11-17,19,26H,8-10,18,20-21H2,1-7H3,(H,30,34). The number of carbonyl (C=O) groups is 2. The SMILES string of the molecule is CCCCNC(=O)C(CC)N(Cc1cccc(C)c1)C(=O)CN(c1ccc(C(C)(C)C)cc1)S(C)(=O)=O. The summed E-state index contributed by atoms with van der Waals surface area (Å²) in [6, 6.07) is 14.3. The van der Waals surface area contributed by atoms with Crippen LogP contribution < -0.4 is 9.62 Å². The maximum Gasteiger partial charge on any atom is 0.244 e. The van der Waals surface area contributed by atoms with E-state index in [-0.39, 0.29) is 17.9 Å². The summed E-state index contributed by atoms with van der Waals surface area (Å²) in [6.45, 7) is 12.5. The number of hydrogen-bond acceptors (Lipinski definition) is 4. The monoisotopic (exact) mass is 529 g/mol. The lowest BCUT2D eigenvalue weighted by Gasteiger charge is -2.33. The third kappa shape index (κ3) is 8.88. The number of aryl methyl sites for hydroxylation is 1. The van der Waals surface area contributed by atoms with E-state index in [0.29, 0.717) is 18.7 Å². The fourth-order valence-corrected chi connectivity index (χ4v) is 5.02. The van der Waals surface area contributed by atoms with E-state index >= 15 is 0 Å². The first-order valence-corrected chi connectivity index (χ1v) is 14.8. The topological polar surface area (TPSA) is 86.8 Å². The molecule has 0 aromatic heterocycles. The molecule has 0 aliphatic heterocycles. The van der Waals surface area contributed by atoms with Crippen LogP contribution in [0.2, 0.25) is 0 Å². The van der Waals surface area contributed by atoms with E-state index in [0.717, 1.165) is 40.1 Å². The van der Waals surface area contributed by atoms with Crippen LogP contribution in [0.25, 0.3) is 0 Å². The van der Waals surface area contributed by atoms with Crippen molar-refractivity contribution in [3.05, 3.63) is 65.2 Å². The zero-order valence-electron chi connectivity index (χ0n) is 23.4. The maximum absolute atomic E-state index is 13.8. The molecule has 204 valence electrons. The van der Waals surface area contributed by atoms with Crippen LogP contribution in [-0.4, -0.2) is 50.5 Å². The summed E-state index contributed by atoms with van der Waals surface area (Å²) in [5, 5.41) is 2.94. The molecule has 0 bridgehead atoms. The van der Waals surface area contributed by atoms with Crippen molar-refractivity contribution < 1.29 is 18.0 Å². The molecule has 2 amide bonds. The molecule has 2 aromatic rings. The average molecular weight is 530 g/mol. The van der Waals surface area contributed by atoms with Gasteiger partial charge in [-0.2, -0.15) is 0 Å². The van der Waals surface area contributed by atoms with Gasteiger partial charge in [0.05, 0.1) is 11.9 Å². The van der Waals surface area contributed by atoms with Crippen LogP contribution in [0.5, 0.6) is 0 Å². The van der Waals surface area contributed by atoms with Gasteiger partial charge in [-0.1, -0.05) is 83.0 Å². The molecule has 37 heavy (non-hydrogen) atoms. The summed E-state index contributed by atoms with van der Waals surface area (Å²) in [4.78, 5) is 28.4. The van der Waals surface area contributed by atoms with Crippen molar-refractivity contribution in [1.29, 1.82) is 0 Å². The molecule has 0 heterocycles. The first-order chi connectivity index (χ1) is 17.3. The molecule has 7 nitrogen and oxygen atoms in total. The minimum absolute atomic E-state index is 0.0889. The molecule has 0 aliphatic rings. The van der Waals surface area contributed by atoms with Crippen LogP contribution in [0.3, 0.4) is 0 Å². The largest absolute Gasteiger partial charge is 0.354 e. The third-order valence-corrected chi connectivity index (χ3v) is 7.49. The summed E-state index contributed by atoms with van der Waals surface area (Å²) >= 11 is 0. The number of nitrogens with one attached hydrogen (secondary N) is 1. The molecule has 1 unspecified atom stereocenters. The normalized spacial score (nSPS) is 12.6. The van der Waals surface area contributed by atoms with Crippen LogP contribution in [0, 0.1) is 6.92 Å². The predicted molar refractivity (Wildman–Crippen MR) is 151 cm³/mol. The highest BCUT2D eigenvalue weighted by Crippen LogP contribution is 2.26. The van der Waals surface area contributed by atoms with E-state index in [1.807, 2.05) is 57.2 Å². The van der Waals surface area contributed by atoms with Crippen molar-refractivity contribution >= 4 is 27.5 Å². The molecule has 1 N–H and O–H groups in total. The number of unbranched alkanes of at least 4 members (excludes halogenated alkanes) is 1. The molecule has 0 radical (unpaired) electrons. The molecule has 1 atom stereocenters. The first-order valence-electron chi connectivity index (χ1n) is 13.0. The second-order valence-corrected chi connectivity index (χ2v) is 12.6. The van der Waals surface area contributed by atoms with E-state index in [2.05, 4.69) is 26.1 Å². The van der Waals surface area contributed by atoms with Gasteiger partial charge in [-0.25, -0.2) is 8.42 Å². The minimum Gasteiger partial charge on any atom is -0.354 e. The second kappa shape index (κ2) is 13.1. The van der Waals surface area contributed by atoms with E-state index in [4.69, 9.17) is 0 Å². The Labute approximate surface area is 223 Å². The Morgan fingerprint density at radius 2 is 1.68 bits per heavy atom. The van der Waals surface area contributed by atoms with E-state index in [1.54, 1.807) is 12.1 Å². The van der Waals surface area contributed by atoms with E-state index < -0.39 is 28.5 Å². The maximum atomic E-state index is 13.8. The molecule has 8 heteroatoms. The number of benzene rings is 2. The molecule has 0 spiro atoms. The average Bonchev–Trinajstić information content (AvgIpc) is 2.81. The zero-order chi connectivity index (χ0) is 27.8. The number of nitrogens with zero attached hydrogens (tertiary/aromatic N) is 2. The van der Waals surface area contributed by atoms with E-state index in [1.165, 1.54) is 4.90 Å². The number of carbonyl (C=O) groups excluding carboxylic acids is 2. The van der Waals surface area contributed by atoms with Crippen LogP contribution in [0.1, 0.15) is 70.6 Å². The minimum atomic E-state index is -3.76. The van der Waals surface area contributed by atoms with Gasteiger partial charge in [0.1, 0.15) is 12.6 Å². The van der Waals surface area contributed by atoms with Crippen molar-refractivity contribution in [3.63, 3.8) is 0 Å². The fraction of sp³-hybridized carbons (Fsp3) is 0.517. The third-order valence-electron chi connectivity index (χ3n) is 6.35. The van der Waals surface area contributed by atoms with Crippen molar-refractivity contribution in [1.82, 2.24) is 10.2 Å². The Morgan fingerprint density at radius 1 is 1.03 bits per heavy atom. The van der Waals surface area contributed by atoms with Crippen molar-refractivity contribution in [2.24, 2.45) is 0 Å². The summed E-state index contributed by atoms with van der Waals surface area (Å²) in [5.74, 6) is -0.651. The van der Waals surface area contributed by atoms with Crippen LogP contribution in [0.15, 0.2) is 48.5 Å². The van der Waals surface area contributed by atoms with Gasteiger partial charge in [0.2, 0.25) is 21.8 Å². The predicted octanol–water partition coefficient (Wildman–Crippen LogP) is 4.78. The second-order valence-electron chi connectivity index (χ2n) is 10.6. The molecular weight excluding hydrogens is 486 g/mol. The summed E-state index contributed by atoms with van der Waals surface area (Å²) in [5.41, 5.74) is 3.32. The zero-order valence-corrected chi connectivity index (χ0v) is 24.2. The lowest BCUT2D eigenvalue weighted by Crippen LogP contribution is -2.52. The Hall–Kier alpha value is -2.87. The van der Waals surface area contributed by atoms with Gasteiger partial charge in [0.15, 0.2) is 0 Å². The highest BCUT2D eigenvalue weighted by atomic mass is 32.2. The molecule has 0 aliphatic carbocycles. The summed E-state index contributed by atoms with van der Waals surface area (Å²) < 4.78 is 26.7. The fourth-order valence-electron chi connectivity index (χ4n) is 4.17. The van der Waals surface area contributed by atoms with Gasteiger partial charge in [-0.3, -0.25) is 13.9 Å². The molecule has 0 saturated heterocycles. The lowest BCUT2D eigenvalue weighted by atomic mass is 9.87. The van der Waals surface area contributed by atoms with Gasteiger partial charge in [0, 0.05) is 13.1 Å². The van der Waals surface area contributed by atoms with Gasteiger partial charge >= 0.3 is 0 Å². The Balaban J connectivity index is 2.42. The molecule has 0 fully saturated rings. The van der Waals surface area contributed by atoms with Gasteiger partial charge in [-0.15, -0.1) is 0 Å². The van der Waals surface area contributed by atoms with E-state index in [9.17, 15) is 18.0 Å². The Morgan fingerprint density at radius 3 is 2.19 bits per heavy atom. The number of rotatable bonds is 12.